The molecule has 0 fully saturated rings. The van der Waals surface area contributed by atoms with Crippen molar-refractivity contribution in [2.75, 3.05) is 17.4 Å². The Kier molecular flexibility index (Phi) is 9.86. The molecule has 0 saturated heterocycles. The fourth-order valence-corrected chi connectivity index (χ4v) is 5.70. The van der Waals surface area contributed by atoms with Crippen LogP contribution in [-0.2, 0) is 26.2 Å². The lowest BCUT2D eigenvalue weighted by atomic mass is 10.1. The lowest BCUT2D eigenvalue weighted by Crippen LogP contribution is -2.51. The van der Waals surface area contributed by atoms with Crippen molar-refractivity contribution in [2.45, 2.75) is 58.5 Å². The molecule has 0 aliphatic rings. The quantitative estimate of drug-likeness (QED) is 0.366. The van der Waals surface area contributed by atoms with E-state index in [1.165, 1.54) is 29.2 Å². The summed E-state index contributed by atoms with van der Waals surface area (Å²) in [6, 6.07) is 16.7. The van der Waals surface area contributed by atoms with Gasteiger partial charge in [-0.05, 0) is 63.9 Å². The zero-order valence-corrected chi connectivity index (χ0v) is 23.9. The van der Waals surface area contributed by atoms with Gasteiger partial charge in [-0.1, -0.05) is 60.5 Å². The topological polar surface area (TPSA) is 86.8 Å². The minimum absolute atomic E-state index is 0.0373. The molecule has 1 atom stereocenters. The first-order valence-electron chi connectivity index (χ1n) is 12.9. The van der Waals surface area contributed by atoms with Crippen molar-refractivity contribution in [2.24, 2.45) is 0 Å². The molecule has 0 radical (unpaired) electrons. The first-order chi connectivity index (χ1) is 18.4. The third-order valence-electron chi connectivity index (χ3n) is 6.52. The van der Waals surface area contributed by atoms with Gasteiger partial charge in [0.05, 0.1) is 10.6 Å². The monoisotopic (exact) mass is 553 g/mol. The van der Waals surface area contributed by atoms with Gasteiger partial charge in [-0.25, -0.2) is 12.8 Å². The zero-order valence-electron chi connectivity index (χ0n) is 23.1. The number of rotatable bonds is 11. The Morgan fingerprint density at radius 3 is 2.21 bits per heavy atom. The minimum atomic E-state index is -4.16. The molecule has 0 aliphatic carbocycles. The van der Waals surface area contributed by atoms with E-state index in [0.29, 0.717) is 24.2 Å². The van der Waals surface area contributed by atoms with Gasteiger partial charge in [-0.3, -0.25) is 13.9 Å². The fourth-order valence-electron chi connectivity index (χ4n) is 4.22. The highest BCUT2D eigenvalue weighted by Gasteiger charge is 2.33. The molecule has 208 valence electrons. The highest BCUT2D eigenvalue weighted by atomic mass is 32.2. The Morgan fingerprint density at radius 2 is 1.59 bits per heavy atom. The lowest BCUT2D eigenvalue weighted by molar-refractivity contribution is -0.139. The highest BCUT2D eigenvalue weighted by Crippen LogP contribution is 2.28. The molecule has 3 rings (SSSR count). The van der Waals surface area contributed by atoms with Crippen LogP contribution in [0.5, 0.6) is 0 Å². The first-order valence-corrected chi connectivity index (χ1v) is 14.4. The number of carbonyl (C=O) groups is 2. The zero-order chi connectivity index (χ0) is 28.7. The van der Waals surface area contributed by atoms with Crippen LogP contribution in [0, 0.1) is 26.6 Å². The number of hydrogen-bond donors (Lipinski definition) is 1. The molecule has 39 heavy (non-hydrogen) atoms. The van der Waals surface area contributed by atoms with Crippen molar-refractivity contribution in [3.05, 3.63) is 94.8 Å². The van der Waals surface area contributed by atoms with Crippen LogP contribution in [0.25, 0.3) is 0 Å². The van der Waals surface area contributed by atoms with E-state index in [9.17, 15) is 22.4 Å². The van der Waals surface area contributed by atoms with Crippen molar-refractivity contribution >= 4 is 27.5 Å². The predicted octanol–water partition coefficient (Wildman–Crippen LogP) is 4.89. The molecular formula is C30H36FN3O4S. The van der Waals surface area contributed by atoms with E-state index in [0.717, 1.165) is 15.4 Å². The molecule has 3 aromatic rings. The van der Waals surface area contributed by atoms with Crippen molar-refractivity contribution in [1.82, 2.24) is 10.2 Å². The summed E-state index contributed by atoms with van der Waals surface area (Å²) in [6.45, 7) is 8.65. The number of hydrogen-bond acceptors (Lipinski definition) is 4. The molecule has 0 aromatic heterocycles. The minimum Gasteiger partial charge on any atom is -0.354 e. The van der Waals surface area contributed by atoms with Crippen LogP contribution in [0.3, 0.4) is 0 Å². The van der Waals surface area contributed by atoms with E-state index < -0.39 is 40.2 Å². The predicted molar refractivity (Wildman–Crippen MR) is 151 cm³/mol. The molecule has 9 heteroatoms. The van der Waals surface area contributed by atoms with E-state index in [1.54, 1.807) is 50.2 Å². The van der Waals surface area contributed by atoms with Crippen LogP contribution in [-0.4, -0.2) is 44.3 Å². The summed E-state index contributed by atoms with van der Waals surface area (Å²) in [5.74, 6) is -1.55. The van der Waals surface area contributed by atoms with Crippen LogP contribution in [0.1, 0.15) is 42.5 Å². The maximum Gasteiger partial charge on any atom is 0.264 e. The molecule has 0 aliphatic heterocycles. The van der Waals surface area contributed by atoms with Crippen LogP contribution in [0.2, 0.25) is 0 Å². The largest absolute Gasteiger partial charge is 0.354 e. The van der Waals surface area contributed by atoms with Gasteiger partial charge in [0, 0.05) is 18.7 Å². The summed E-state index contributed by atoms with van der Waals surface area (Å²) in [4.78, 5) is 28.0. The SMILES string of the molecule is CCCNC(=O)[C@@H](C)N(Cc1ccccc1F)C(=O)CN(c1ccc(C)cc1C)S(=O)(=O)c1ccc(C)cc1. The van der Waals surface area contributed by atoms with Crippen LogP contribution >= 0.6 is 0 Å². The first kappa shape index (κ1) is 29.8. The van der Waals surface area contributed by atoms with E-state index in [4.69, 9.17) is 0 Å². The third-order valence-corrected chi connectivity index (χ3v) is 8.30. The molecule has 0 heterocycles. The van der Waals surface area contributed by atoms with Gasteiger partial charge in [0.15, 0.2) is 0 Å². The standard InChI is InChI=1S/C30H36FN3O4S/c1-6-17-32-30(36)24(5)33(19-25-9-7-8-10-27(25)31)29(35)20-34(28-16-13-22(3)18-23(28)4)39(37,38)26-14-11-21(2)12-15-26/h7-16,18,24H,6,17,19-20H2,1-5H3,(H,32,36)/t24-/m1/s1. The van der Waals surface area contributed by atoms with Crippen LogP contribution < -0.4 is 9.62 Å². The van der Waals surface area contributed by atoms with Crippen LogP contribution in [0.15, 0.2) is 71.6 Å². The summed E-state index contributed by atoms with van der Waals surface area (Å²) >= 11 is 0. The molecule has 0 spiro atoms. The van der Waals surface area contributed by atoms with Crippen molar-refractivity contribution in [3.63, 3.8) is 0 Å². The van der Waals surface area contributed by atoms with Gasteiger partial charge in [-0.2, -0.15) is 0 Å². The van der Waals surface area contributed by atoms with Gasteiger partial charge in [0.25, 0.3) is 10.0 Å². The van der Waals surface area contributed by atoms with Crippen molar-refractivity contribution < 1.29 is 22.4 Å². The molecule has 7 nitrogen and oxygen atoms in total. The summed E-state index contributed by atoms with van der Waals surface area (Å²) in [7, 11) is -4.16. The fraction of sp³-hybridized carbons (Fsp3) is 0.333. The Labute approximate surface area is 230 Å². The number of benzene rings is 3. The van der Waals surface area contributed by atoms with Crippen molar-refractivity contribution in [3.8, 4) is 0 Å². The number of anilines is 1. The van der Waals surface area contributed by atoms with Gasteiger partial charge in [0.2, 0.25) is 11.8 Å². The van der Waals surface area contributed by atoms with E-state index in [2.05, 4.69) is 5.32 Å². The lowest BCUT2D eigenvalue weighted by Gasteiger charge is -2.32. The summed E-state index contributed by atoms with van der Waals surface area (Å²) < 4.78 is 43.5. The number of nitrogens with one attached hydrogen (secondary N) is 1. The van der Waals surface area contributed by atoms with Gasteiger partial charge < -0.3 is 10.2 Å². The molecular weight excluding hydrogens is 517 g/mol. The molecule has 3 aromatic carbocycles. The second-order valence-corrected chi connectivity index (χ2v) is 11.6. The molecule has 0 saturated carbocycles. The van der Waals surface area contributed by atoms with E-state index in [-0.39, 0.29) is 17.0 Å². The third kappa shape index (κ3) is 7.23. The maximum atomic E-state index is 14.6. The van der Waals surface area contributed by atoms with Crippen molar-refractivity contribution in [1.29, 1.82) is 0 Å². The summed E-state index contributed by atoms with van der Waals surface area (Å²) in [5, 5.41) is 2.77. The second-order valence-electron chi connectivity index (χ2n) is 9.69. The van der Waals surface area contributed by atoms with Gasteiger partial charge in [-0.15, -0.1) is 0 Å². The van der Waals surface area contributed by atoms with Crippen LogP contribution in [0.4, 0.5) is 10.1 Å². The maximum absolute atomic E-state index is 14.6. The second kappa shape index (κ2) is 12.9. The van der Waals surface area contributed by atoms with E-state index in [1.807, 2.05) is 26.8 Å². The van der Waals surface area contributed by atoms with E-state index >= 15 is 0 Å². The summed E-state index contributed by atoms with van der Waals surface area (Å²) in [5.41, 5.74) is 3.08. The van der Waals surface area contributed by atoms with Gasteiger partial charge in [0.1, 0.15) is 18.4 Å². The number of aryl methyl sites for hydroxylation is 3. The normalized spacial score (nSPS) is 12.1. The molecule has 0 bridgehead atoms. The number of nitrogens with zero attached hydrogens (tertiary/aromatic N) is 2. The smallest absolute Gasteiger partial charge is 0.264 e. The number of carbonyl (C=O) groups excluding carboxylic acids is 2. The molecule has 2 amide bonds. The Hall–Kier alpha value is -3.72. The number of amides is 2. The molecule has 0 unspecified atom stereocenters. The average molecular weight is 554 g/mol. The average Bonchev–Trinajstić information content (AvgIpc) is 2.90. The number of sulfonamides is 1. The Balaban J connectivity index is 2.06. The Bertz CT molecular complexity index is 1420. The highest BCUT2D eigenvalue weighted by molar-refractivity contribution is 7.92. The van der Waals surface area contributed by atoms with Gasteiger partial charge >= 0.3 is 0 Å². The summed E-state index contributed by atoms with van der Waals surface area (Å²) in [6.07, 6.45) is 0.703. The number of halogens is 1. The molecule has 1 N–H and O–H groups in total. The Morgan fingerprint density at radius 1 is 0.949 bits per heavy atom.